The molecular formula is C29H25N3O. The van der Waals surface area contributed by atoms with E-state index in [-0.39, 0.29) is 0 Å². The van der Waals surface area contributed by atoms with Crippen LogP contribution in [0.4, 0.5) is 0 Å². The van der Waals surface area contributed by atoms with Crippen molar-refractivity contribution in [3.63, 3.8) is 0 Å². The smallest absolute Gasteiger partial charge is 0.127 e. The minimum atomic E-state index is 0.474. The van der Waals surface area contributed by atoms with Gasteiger partial charge in [0.1, 0.15) is 18.2 Å². The van der Waals surface area contributed by atoms with E-state index in [4.69, 9.17) is 9.72 Å². The number of rotatable bonds is 4. The maximum atomic E-state index is 9.67. The topological polar surface area (TPSA) is 50.8 Å². The highest BCUT2D eigenvalue weighted by atomic mass is 16.5. The number of aromatic nitrogens is 2. The predicted molar refractivity (Wildman–Crippen MR) is 131 cm³/mol. The molecule has 1 aliphatic rings. The van der Waals surface area contributed by atoms with Crippen molar-refractivity contribution in [2.45, 2.75) is 33.4 Å². The summed E-state index contributed by atoms with van der Waals surface area (Å²) in [7, 11) is 0. The molecule has 0 radical (unpaired) electrons. The number of para-hydroxylation sites is 1. The number of ether oxygens (including phenoxy) is 1. The number of hydrogen-bond donors (Lipinski definition) is 0. The highest BCUT2D eigenvalue weighted by Crippen LogP contribution is 2.38. The Kier molecular flexibility index (Phi) is 5.54. The number of imidazole rings is 1. The molecule has 0 atom stereocenters. The lowest BCUT2D eigenvalue weighted by atomic mass is 9.90. The molecule has 0 fully saturated rings. The molecular weight excluding hydrogens is 406 g/mol. The van der Waals surface area contributed by atoms with Crippen molar-refractivity contribution in [2.24, 2.45) is 0 Å². The predicted octanol–water partition coefficient (Wildman–Crippen LogP) is 6.40. The van der Waals surface area contributed by atoms with E-state index in [1.54, 1.807) is 0 Å². The molecule has 0 spiro atoms. The van der Waals surface area contributed by atoms with E-state index in [9.17, 15) is 5.26 Å². The molecule has 1 aliphatic heterocycles. The van der Waals surface area contributed by atoms with Gasteiger partial charge in [-0.25, -0.2) is 4.98 Å². The van der Waals surface area contributed by atoms with Crippen LogP contribution in [-0.2, 0) is 19.6 Å². The number of nitriles is 1. The molecule has 3 aromatic carbocycles. The zero-order chi connectivity index (χ0) is 22.8. The molecule has 2 heterocycles. The van der Waals surface area contributed by atoms with Crippen molar-refractivity contribution in [3.8, 4) is 23.1 Å². The van der Waals surface area contributed by atoms with E-state index in [2.05, 4.69) is 54.1 Å². The van der Waals surface area contributed by atoms with Gasteiger partial charge in [0.25, 0.3) is 0 Å². The van der Waals surface area contributed by atoms with Crippen LogP contribution in [0.2, 0.25) is 0 Å². The van der Waals surface area contributed by atoms with Crippen LogP contribution in [0.15, 0.2) is 84.6 Å². The number of benzene rings is 3. The number of allylic oxidation sites excluding steroid dienone is 1. The fourth-order valence-electron chi connectivity index (χ4n) is 4.49. The van der Waals surface area contributed by atoms with Gasteiger partial charge >= 0.3 is 0 Å². The highest BCUT2D eigenvalue weighted by molar-refractivity contribution is 5.88. The third kappa shape index (κ3) is 3.94. The Morgan fingerprint density at radius 1 is 1.03 bits per heavy atom. The van der Waals surface area contributed by atoms with Crippen LogP contribution in [0.3, 0.4) is 0 Å². The first-order valence-electron chi connectivity index (χ1n) is 11.2. The minimum Gasteiger partial charge on any atom is -0.488 e. The summed E-state index contributed by atoms with van der Waals surface area (Å²) < 4.78 is 8.38. The molecule has 33 heavy (non-hydrogen) atoms. The zero-order valence-electron chi connectivity index (χ0n) is 18.9. The van der Waals surface area contributed by atoms with E-state index >= 15 is 0 Å². The van der Waals surface area contributed by atoms with Crippen molar-refractivity contribution < 1.29 is 4.74 Å². The molecule has 0 bridgehead atoms. The number of aryl methyl sites for hydroxylation is 1. The van der Waals surface area contributed by atoms with Crippen LogP contribution in [0.5, 0.6) is 5.75 Å². The first-order valence-corrected chi connectivity index (χ1v) is 11.2. The van der Waals surface area contributed by atoms with Gasteiger partial charge in [-0.3, -0.25) is 0 Å². The fourth-order valence-corrected chi connectivity index (χ4v) is 4.49. The van der Waals surface area contributed by atoms with Gasteiger partial charge in [0.05, 0.1) is 11.8 Å². The summed E-state index contributed by atoms with van der Waals surface area (Å²) >= 11 is 0. The standard InChI is InChI=1S/C29H25N3O/c1-3-28-31-26(22-9-5-4-6-10-22)18-32(28)17-21-13-14-24-23(15-21)19-33-27-12-8-7-11-25(27)29(24)20(2)16-30/h4-15,18H,3,17,19H2,1-2H3. The molecule has 4 nitrogen and oxygen atoms in total. The Morgan fingerprint density at radius 3 is 2.61 bits per heavy atom. The van der Waals surface area contributed by atoms with Crippen molar-refractivity contribution in [1.82, 2.24) is 9.55 Å². The lowest BCUT2D eigenvalue weighted by Crippen LogP contribution is -2.05. The van der Waals surface area contributed by atoms with Gasteiger partial charge in [0.15, 0.2) is 0 Å². The molecule has 0 aliphatic carbocycles. The lowest BCUT2D eigenvalue weighted by molar-refractivity contribution is 0.307. The van der Waals surface area contributed by atoms with Gasteiger partial charge in [-0.2, -0.15) is 5.26 Å². The van der Waals surface area contributed by atoms with Crippen molar-refractivity contribution in [2.75, 3.05) is 0 Å². The van der Waals surface area contributed by atoms with Gasteiger partial charge in [-0.15, -0.1) is 0 Å². The second-order valence-electron chi connectivity index (χ2n) is 8.28. The molecule has 0 amide bonds. The summed E-state index contributed by atoms with van der Waals surface area (Å²) in [6.07, 6.45) is 3.00. The lowest BCUT2D eigenvalue weighted by Gasteiger charge is -2.13. The molecule has 162 valence electrons. The molecule has 0 N–H and O–H groups in total. The zero-order valence-corrected chi connectivity index (χ0v) is 18.9. The Hall–Kier alpha value is -4.10. The Balaban J connectivity index is 1.53. The number of hydrogen-bond acceptors (Lipinski definition) is 3. The van der Waals surface area contributed by atoms with Crippen molar-refractivity contribution in [1.29, 1.82) is 5.26 Å². The van der Waals surface area contributed by atoms with E-state index in [1.807, 2.05) is 49.4 Å². The van der Waals surface area contributed by atoms with Crippen LogP contribution in [0.25, 0.3) is 16.8 Å². The molecule has 5 rings (SSSR count). The second kappa shape index (κ2) is 8.80. The van der Waals surface area contributed by atoms with Crippen molar-refractivity contribution in [3.05, 3.63) is 113 Å². The Bertz CT molecular complexity index is 1390. The van der Waals surface area contributed by atoms with Gasteiger partial charge in [0.2, 0.25) is 0 Å². The summed E-state index contributed by atoms with van der Waals surface area (Å²) in [5, 5.41) is 9.67. The van der Waals surface area contributed by atoms with Crippen LogP contribution >= 0.6 is 0 Å². The van der Waals surface area contributed by atoms with E-state index in [0.29, 0.717) is 12.2 Å². The van der Waals surface area contributed by atoms with Gasteiger partial charge in [-0.05, 0) is 35.7 Å². The SMILES string of the molecule is CCc1nc(-c2ccccc2)cn1Cc1ccc2c(c1)COc1ccccc1C2=C(C)C#N. The number of nitrogens with zero attached hydrogens (tertiary/aromatic N) is 3. The number of fused-ring (bicyclic) bond motifs is 2. The molecule has 4 aromatic rings. The average Bonchev–Trinajstić information content (AvgIpc) is 3.19. The van der Waals surface area contributed by atoms with Gasteiger partial charge in [0, 0.05) is 41.4 Å². The summed E-state index contributed by atoms with van der Waals surface area (Å²) in [5.41, 5.74) is 8.08. The van der Waals surface area contributed by atoms with E-state index in [0.717, 1.165) is 58.1 Å². The van der Waals surface area contributed by atoms with Crippen LogP contribution in [-0.4, -0.2) is 9.55 Å². The summed E-state index contributed by atoms with van der Waals surface area (Å²) in [6.45, 7) is 5.22. The summed E-state index contributed by atoms with van der Waals surface area (Å²) in [5.74, 6) is 1.88. The largest absolute Gasteiger partial charge is 0.488 e. The molecule has 1 aromatic heterocycles. The first kappa shape index (κ1) is 20.8. The maximum Gasteiger partial charge on any atom is 0.127 e. The van der Waals surface area contributed by atoms with Crippen molar-refractivity contribution >= 4 is 5.57 Å². The van der Waals surface area contributed by atoms with E-state index < -0.39 is 0 Å². The third-order valence-corrected chi connectivity index (χ3v) is 6.12. The van der Waals surface area contributed by atoms with Crippen LogP contribution in [0.1, 0.15) is 41.9 Å². The van der Waals surface area contributed by atoms with Crippen LogP contribution in [0, 0.1) is 11.3 Å². The quantitative estimate of drug-likeness (QED) is 0.351. The van der Waals surface area contributed by atoms with Crippen LogP contribution < -0.4 is 4.74 Å². The first-order chi connectivity index (χ1) is 16.2. The Labute approximate surface area is 194 Å². The van der Waals surface area contributed by atoms with Gasteiger partial charge < -0.3 is 9.30 Å². The second-order valence-corrected chi connectivity index (χ2v) is 8.28. The molecule has 0 saturated heterocycles. The average molecular weight is 432 g/mol. The molecule has 4 heteroatoms. The maximum absolute atomic E-state index is 9.67. The third-order valence-electron chi connectivity index (χ3n) is 6.12. The normalized spacial score (nSPS) is 13.8. The fraction of sp³-hybridized carbons (Fsp3) is 0.172. The molecule has 0 unspecified atom stereocenters. The summed E-state index contributed by atoms with van der Waals surface area (Å²) in [6, 6.07) is 27.1. The minimum absolute atomic E-state index is 0.474. The van der Waals surface area contributed by atoms with E-state index in [1.165, 1.54) is 5.56 Å². The molecule has 0 saturated carbocycles. The van der Waals surface area contributed by atoms with Gasteiger partial charge in [-0.1, -0.05) is 67.6 Å². The monoisotopic (exact) mass is 431 g/mol. The summed E-state index contributed by atoms with van der Waals surface area (Å²) in [4.78, 5) is 4.87. The highest BCUT2D eigenvalue weighted by Gasteiger charge is 2.21. The Morgan fingerprint density at radius 2 is 1.82 bits per heavy atom.